The molecule has 3 rings (SSSR count). The molecular weight excluding hydrogens is 408 g/mol. The third-order valence-electron chi connectivity index (χ3n) is 4.99. The lowest BCUT2D eigenvalue weighted by Gasteiger charge is -2.15. The average Bonchev–Trinajstić information content (AvgIpc) is 3.12. The van der Waals surface area contributed by atoms with Crippen LogP contribution in [-0.4, -0.2) is 48.7 Å². The number of H-pyrrole nitrogens is 1. The van der Waals surface area contributed by atoms with Gasteiger partial charge in [0.15, 0.2) is 0 Å². The van der Waals surface area contributed by atoms with E-state index in [0.717, 1.165) is 27.7 Å². The second-order valence-electron chi connectivity index (χ2n) is 7.63. The Bertz CT molecular complexity index is 1110. The minimum Gasteiger partial charge on any atom is -0.490 e. The van der Waals surface area contributed by atoms with E-state index in [0.29, 0.717) is 43.5 Å². The second kappa shape index (κ2) is 10.6. The third-order valence-corrected chi connectivity index (χ3v) is 4.99. The van der Waals surface area contributed by atoms with Crippen LogP contribution in [0.4, 0.5) is 16.4 Å². The van der Waals surface area contributed by atoms with Crippen molar-refractivity contribution in [2.45, 2.75) is 27.2 Å². The number of aryl methyl sites for hydroxylation is 2. The van der Waals surface area contributed by atoms with Gasteiger partial charge in [0.25, 0.3) is 0 Å². The van der Waals surface area contributed by atoms with E-state index in [-0.39, 0.29) is 11.9 Å². The number of amides is 3. The highest BCUT2D eigenvalue weighted by molar-refractivity contribution is 5.91. The fraction of sp³-hybridized carbons (Fsp3) is 0.348. The van der Waals surface area contributed by atoms with Gasteiger partial charge >= 0.3 is 6.03 Å². The maximum absolute atomic E-state index is 12.5. The van der Waals surface area contributed by atoms with Gasteiger partial charge in [-0.2, -0.15) is 0 Å². The van der Waals surface area contributed by atoms with Crippen LogP contribution < -0.4 is 26.0 Å². The Balaban J connectivity index is 1.57. The Labute approximate surface area is 187 Å². The molecule has 0 bridgehead atoms. The van der Waals surface area contributed by atoms with Crippen LogP contribution in [0, 0.1) is 13.8 Å². The number of benzene rings is 2. The number of fused-ring (bicyclic) bond motifs is 1. The van der Waals surface area contributed by atoms with E-state index in [4.69, 9.17) is 4.74 Å². The molecule has 0 saturated heterocycles. The van der Waals surface area contributed by atoms with Crippen molar-refractivity contribution < 1.29 is 14.3 Å². The zero-order valence-electron chi connectivity index (χ0n) is 18.9. The summed E-state index contributed by atoms with van der Waals surface area (Å²) in [5, 5.41) is 11.5. The largest absolute Gasteiger partial charge is 0.490 e. The van der Waals surface area contributed by atoms with Gasteiger partial charge in [0.1, 0.15) is 12.4 Å². The molecule has 1 aromatic heterocycles. The molecule has 3 aromatic rings. The van der Waals surface area contributed by atoms with Crippen LogP contribution in [0.2, 0.25) is 0 Å². The van der Waals surface area contributed by atoms with Gasteiger partial charge in [0.2, 0.25) is 11.9 Å². The van der Waals surface area contributed by atoms with Crippen molar-refractivity contribution in [1.29, 1.82) is 0 Å². The first-order valence-electron chi connectivity index (χ1n) is 10.6. The maximum atomic E-state index is 12.5. The highest BCUT2D eigenvalue weighted by atomic mass is 16.5. The number of carbonyl (C=O) groups excluding carboxylic acids is 2. The number of urea groups is 1. The van der Waals surface area contributed by atoms with Crippen molar-refractivity contribution in [1.82, 2.24) is 20.6 Å². The molecule has 0 atom stereocenters. The molecule has 9 heteroatoms. The predicted octanol–water partition coefficient (Wildman–Crippen LogP) is 3.10. The summed E-state index contributed by atoms with van der Waals surface area (Å²) >= 11 is 0. The van der Waals surface area contributed by atoms with Gasteiger partial charge in [-0.3, -0.25) is 10.1 Å². The van der Waals surface area contributed by atoms with Crippen molar-refractivity contribution in [2.24, 2.45) is 0 Å². The molecule has 0 aliphatic rings. The van der Waals surface area contributed by atoms with Gasteiger partial charge < -0.3 is 25.7 Å². The molecule has 0 aliphatic heterocycles. The summed E-state index contributed by atoms with van der Waals surface area (Å²) in [7, 11) is 1.86. The normalized spacial score (nSPS) is 10.8. The maximum Gasteiger partial charge on any atom is 0.319 e. The first-order chi connectivity index (χ1) is 15.4. The second-order valence-corrected chi connectivity index (χ2v) is 7.63. The Morgan fingerprint density at radius 3 is 2.59 bits per heavy atom. The summed E-state index contributed by atoms with van der Waals surface area (Å²) in [5.41, 5.74) is 5.46. The SMILES string of the molecule is CNCCOc1cc(C)c(C)cc1NC(=O)NCCc1ccc2nc(NC(C)=O)[nH]c2c1. The number of nitrogens with one attached hydrogen (secondary N) is 5. The van der Waals surface area contributed by atoms with Gasteiger partial charge in [-0.05, 0) is 68.3 Å². The number of aromatic nitrogens is 2. The third kappa shape index (κ3) is 6.21. The summed E-state index contributed by atoms with van der Waals surface area (Å²) in [6.07, 6.45) is 0.649. The lowest BCUT2D eigenvalue weighted by Crippen LogP contribution is -2.30. The first-order valence-corrected chi connectivity index (χ1v) is 10.6. The number of ether oxygens (including phenoxy) is 1. The summed E-state index contributed by atoms with van der Waals surface area (Å²) in [6.45, 7) is 7.13. The van der Waals surface area contributed by atoms with Crippen molar-refractivity contribution >= 4 is 34.6 Å². The van der Waals surface area contributed by atoms with E-state index >= 15 is 0 Å². The van der Waals surface area contributed by atoms with Crippen LogP contribution >= 0.6 is 0 Å². The van der Waals surface area contributed by atoms with Gasteiger partial charge in [-0.15, -0.1) is 0 Å². The number of aromatic amines is 1. The monoisotopic (exact) mass is 438 g/mol. The number of likely N-dealkylation sites (N-methyl/N-ethyl adjacent to an activating group) is 1. The molecule has 3 amide bonds. The van der Waals surface area contributed by atoms with E-state index in [9.17, 15) is 9.59 Å². The minimum atomic E-state index is -0.290. The first kappa shape index (κ1) is 23.1. The van der Waals surface area contributed by atoms with Crippen molar-refractivity contribution in [3.63, 3.8) is 0 Å². The molecule has 0 aliphatic carbocycles. The van der Waals surface area contributed by atoms with E-state index < -0.39 is 0 Å². The Hall–Kier alpha value is -3.59. The molecule has 0 saturated carbocycles. The minimum absolute atomic E-state index is 0.182. The number of hydrogen-bond acceptors (Lipinski definition) is 5. The number of nitrogens with zero attached hydrogens (tertiary/aromatic N) is 1. The van der Waals surface area contributed by atoms with E-state index in [2.05, 4.69) is 31.2 Å². The van der Waals surface area contributed by atoms with E-state index in [1.807, 2.05) is 51.2 Å². The predicted molar refractivity (Wildman–Crippen MR) is 126 cm³/mol. The number of anilines is 2. The van der Waals surface area contributed by atoms with Gasteiger partial charge in [-0.1, -0.05) is 6.07 Å². The standard InChI is InChI=1S/C23H30N6O3/c1-14-11-20(21(12-15(14)2)32-10-9-24-4)29-23(31)25-8-7-17-5-6-18-19(13-17)28-22(27-18)26-16(3)30/h5-6,11-13,24H,7-10H2,1-4H3,(H2,25,29,31)(H2,26,27,28,30). The van der Waals surface area contributed by atoms with Crippen molar-refractivity contribution in [2.75, 3.05) is 37.4 Å². The Morgan fingerprint density at radius 2 is 1.84 bits per heavy atom. The highest BCUT2D eigenvalue weighted by Crippen LogP contribution is 2.28. The smallest absolute Gasteiger partial charge is 0.319 e. The highest BCUT2D eigenvalue weighted by Gasteiger charge is 2.11. The van der Waals surface area contributed by atoms with Crippen LogP contribution in [0.1, 0.15) is 23.6 Å². The number of rotatable bonds is 9. The number of imidazole rings is 1. The lowest BCUT2D eigenvalue weighted by atomic mass is 10.1. The summed E-state index contributed by atoms with van der Waals surface area (Å²) < 4.78 is 5.81. The number of hydrogen-bond donors (Lipinski definition) is 5. The molecule has 170 valence electrons. The molecule has 0 spiro atoms. The molecular formula is C23H30N6O3. The molecule has 0 radical (unpaired) electrons. The van der Waals surface area contributed by atoms with Crippen LogP contribution in [0.3, 0.4) is 0 Å². The molecule has 9 nitrogen and oxygen atoms in total. The molecule has 1 heterocycles. The van der Waals surface area contributed by atoms with Gasteiger partial charge in [0.05, 0.1) is 16.7 Å². The molecule has 0 fully saturated rings. The van der Waals surface area contributed by atoms with E-state index in [1.165, 1.54) is 6.92 Å². The van der Waals surface area contributed by atoms with Crippen LogP contribution in [-0.2, 0) is 11.2 Å². The van der Waals surface area contributed by atoms with Crippen LogP contribution in [0.5, 0.6) is 5.75 Å². The van der Waals surface area contributed by atoms with E-state index in [1.54, 1.807) is 0 Å². The van der Waals surface area contributed by atoms with Crippen LogP contribution in [0.15, 0.2) is 30.3 Å². The fourth-order valence-electron chi connectivity index (χ4n) is 3.19. The molecule has 5 N–H and O–H groups in total. The van der Waals surface area contributed by atoms with Gasteiger partial charge in [0, 0.05) is 20.0 Å². The topological polar surface area (TPSA) is 120 Å². The summed E-state index contributed by atoms with van der Waals surface area (Å²) in [6, 6.07) is 9.37. The average molecular weight is 439 g/mol. The summed E-state index contributed by atoms with van der Waals surface area (Å²) in [5.74, 6) is 0.889. The zero-order valence-corrected chi connectivity index (χ0v) is 18.9. The lowest BCUT2D eigenvalue weighted by molar-refractivity contribution is -0.114. The number of carbonyl (C=O) groups is 2. The zero-order chi connectivity index (χ0) is 23.1. The Morgan fingerprint density at radius 1 is 1.06 bits per heavy atom. The molecule has 0 unspecified atom stereocenters. The van der Waals surface area contributed by atoms with Crippen molar-refractivity contribution in [3.05, 3.63) is 47.0 Å². The van der Waals surface area contributed by atoms with Crippen molar-refractivity contribution in [3.8, 4) is 5.75 Å². The van der Waals surface area contributed by atoms with Crippen LogP contribution in [0.25, 0.3) is 11.0 Å². The summed E-state index contributed by atoms with van der Waals surface area (Å²) in [4.78, 5) is 31.0. The fourth-order valence-corrected chi connectivity index (χ4v) is 3.19. The quantitative estimate of drug-likeness (QED) is 0.329. The molecule has 2 aromatic carbocycles. The Kier molecular flexibility index (Phi) is 7.67. The molecule has 32 heavy (non-hydrogen) atoms. The van der Waals surface area contributed by atoms with Gasteiger partial charge in [-0.25, -0.2) is 9.78 Å².